The molecule has 0 heterocycles. The lowest BCUT2D eigenvalue weighted by Gasteiger charge is -2.18. The summed E-state index contributed by atoms with van der Waals surface area (Å²) in [6, 6.07) is 0. The SMILES string of the molecule is CC/C=C\C/C=C\C/C=C\CCCCCC(=O)OCC(COC(=O)CCCCCCCCCCCCCCCCCCCCCCC/C=C\CCCCCCCCCC)OC(=O)CCCCCCCCCCCCCCCCC. The van der Waals surface area contributed by atoms with Crippen molar-refractivity contribution in [2.45, 2.75) is 386 Å². The van der Waals surface area contributed by atoms with Crippen molar-refractivity contribution >= 4 is 17.9 Å². The zero-order valence-corrected chi connectivity index (χ0v) is 53.2. The molecule has 0 aliphatic carbocycles. The van der Waals surface area contributed by atoms with Gasteiger partial charge in [0.05, 0.1) is 0 Å². The Bertz CT molecular complexity index is 1360. The van der Waals surface area contributed by atoms with Crippen LogP contribution in [0.3, 0.4) is 0 Å². The van der Waals surface area contributed by atoms with Crippen LogP contribution in [0.25, 0.3) is 0 Å². The van der Waals surface area contributed by atoms with Crippen LogP contribution in [0, 0.1) is 0 Å². The van der Waals surface area contributed by atoms with Crippen LogP contribution in [0.4, 0.5) is 0 Å². The molecular weight excluding hydrogens is 973 g/mol. The summed E-state index contributed by atoms with van der Waals surface area (Å²) in [7, 11) is 0. The Labute approximate surface area is 492 Å². The molecule has 0 saturated heterocycles. The van der Waals surface area contributed by atoms with E-state index in [1.54, 1.807) is 0 Å². The largest absolute Gasteiger partial charge is 0.462 e. The van der Waals surface area contributed by atoms with Crippen molar-refractivity contribution < 1.29 is 28.6 Å². The minimum absolute atomic E-state index is 0.0774. The van der Waals surface area contributed by atoms with E-state index in [1.165, 1.54) is 257 Å². The normalized spacial score (nSPS) is 12.3. The van der Waals surface area contributed by atoms with Crippen LogP contribution in [0.5, 0.6) is 0 Å². The molecule has 462 valence electrons. The van der Waals surface area contributed by atoms with Crippen LogP contribution in [0.2, 0.25) is 0 Å². The van der Waals surface area contributed by atoms with Crippen LogP contribution in [0.15, 0.2) is 48.6 Å². The maximum absolute atomic E-state index is 12.9. The van der Waals surface area contributed by atoms with E-state index in [4.69, 9.17) is 14.2 Å². The van der Waals surface area contributed by atoms with E-state index in [0.29, 0.717) is 19.3 Å². The molecule has 1 atom stereocenters. The third-order valence-electron chi connectivity index (χ3n) is 15.8. The van der Waals surface area contributed by atoms with E-state index >= 15 is 0 Å². The molecule has 0 aromatic carbocycles. The minimum Gasteiger partial charge on any atom is -0.462 e. The van der Waals surface area contributed by atoms with E-state index < -0.39 is 6.10 Å². The maximum Gasteiger partial charge on any atom is 0.306 e. The summed E-state index contributed by atoms with van der Waals surface area (Å²) in [4.78, 5) is 38.3. The van der Waals surface area contributed by atoms with Crippen molar-refractivity contribution in [1.29, 1.82) is 0 Å². The zero-order chi connectivity index (χ0) is 57.1. The Morgan fingerprint density at radius 2 is 0.494 bits per heavy atom. The summed E-state index contributed by atoms with van der Waals surface area (Å²) in [5.74, 6) is -0.884. The fourth-order valence-corrected chi connectivity index (χ4v) is 10.6. The van der Waals surface area contributed by atoms with Gasteiger partial charge >= 0.3 is 17.9 Å². The van der Waals surface area contributed by atoms with E-state index in [0.717, 1.165) is 83.5 Å². The summed E-state index contributed by atoms with van der Waals surface area (Å²) in [5, 5.41) is 0. The van der Waals surface area contributed by atoms with Gasteiger partial charge in [-0.05, 0) is 77.0 Å². The van der Waals surface area contributed by atoms with Crippen LogP contribution in [0.1, 0.15) is 380 Å². The quantitative estimate of drug-likeness (QED) is 0.0261. The summed E-state index contributed by atoms with van der Waals surface area (Å²) >= 11 is 0. The van der Waals surface area contributed by atoms with Gasteiger partial charge in [-0.15, -0.1) is 0 Å². The number of carbonyl (C=O) groups is 3. The number of hydrogen-bond donors (Lipinski definition) is 0. The Morgan fingerprint density at radius 1 is 0.266 bits per heavy atom. The topological polar surface area (TPSA) is 78.9 Å². The van der Waals surface area contributed by atoms with E-state index in [-0.39, 0.29) is 31.1 Å². The molecule has 0 spiro atoms. The number of ether oxygens (including phenoxy) is 3. The first-order valence-electron chi connectivity index (χ1n) is 35.1. The molecule has 6 heteroatoms. The van der Waals surface area contributed by atoms with Crippen molar-refractivity contribution in [2.24, 2.45) is 0 Å². The highest BCUT2D eigenvalue weighted by Gasteiger charge is 2.19. The van der Waals surface area contributed by atoms with Gasteiger partial charge in [-0.25, -0.2) is 0 Å². The van der Waals surface area contributed by atoms with Gasteiger partial charge < -0.3 is 14.2 Å². The maximum atomic E-state index is 12.9. The molecule has 0 aliphatic rings. The van der Waals surface area contributed by atoms with Gasteiger partial charge in [0, 0.05) is 19.3 Å². The zero-order valence-electron chi connectivity index (χ0n) is 53.2. The molecule has 0 aliphatic heterocycles. The molecule has 0 rings (SSSR count). The summed E-state index contributed by atoms with van der Waals surface area (Å²) < 4.78 is 16.9. The Hall–Kier alpha value is -2.63. The number of unbranched alkanes of at least 4 members (excludes halogenated alkanes) is 46. The van der Waals surface area contributed by atoms with E-state index in [9.17, 15) is 14.4 Å². The van der Waals surface area contributed by atoms with Crippen molar-refractivity contribution in [3.05, 3.63) is 48.6 Å². The fourth-order valence-electron chi connectivity index (χ4n) is 10.6. The van der Waals surface area contributed by atoms with Gasteiger partial charge in [-0.3, -0.25) is 14.4 Å². The number of esters is 3. The predicted molar refractivity (Wildman–Crippen MR) is 344 cm³/mol. The highest BCUT2D eigenvalue weighted by atomic mass is 16.6. The highest BCUT2D eigenvalue weighted by Crippen LogP contribution is 2.18. The van der Waals surface area contributed by atoms with Crippen molar-refractivity contribution in [2.75, 3.05) is 13.2 Å². The van der Waals surface area contributed by atoms with Crippen molar-refractivity contribution in [3.8, 4) is 0 Å². The molecule has 0 amide bonds. The standard InChI is InChI=1S/C73H134O6/c1-4-7-10-13-16-19-22-25-27-28-29-30-31-32-33-34-35-36-37-38-39-40-41-42-43-44-46-48-51-54-57-60-63-66-72(75)78-69-70(68-77-71(74)65-62-59-56-53-50-47-24-21-18-15-12-9-6-3)79-73(76)67-64-61-58-55-52-49-45-26-23-20-17-14-11-8-5-2/h9,12,18,21,28-29,47,50,70H,4-8,10-11,13-17,19-20,22-27,30-46,48-49,51-69H2,1-3H3/b12-9-,21-18-,29-28-,50-47-. The van der Waals surface area contributed by atoms with Crippen LogP contribution in [-0.4, -0.2) is 37.2 Å². The lowest BCUT2D eigenvalue weighted by atomic mass is 10.0. The van der Waals surface area contributed by atoms with Gasteiger partial charge in [0.25, 0.3) is 0 Å². The highest BCUT2D eigenvalue weighted by molar-refractivity contribution is 5.71. The average molecular weight is 1110 g/mol. The molecule has 1 unspecified atom stereocenters. The second-order valence-corrected chi connectivity index (χ2v) is 23.8. The summed E-state index contributed by atoms with van der Waals surface area (Å²) in [6.45, 7) is 6.56. The smallest absolute Gasteiger partial charge is 0.306 e. The molecule has 79 heavy (non-hydrogen) atoms. The van der Waals surface area contributed by atoms with Crippen LogP contribution in [-0.2, 0) is 28.6 Å². The molecule has 0 radical (unpaired) electrons. The molecule has 0 aromatic rings. The molecule has 0 saturated carbocycles. The van der Waals surface area contributed by atoms with Gasteiger partial charge in [0.15, 0.2) is 6.10 Å². The number of carbonyl (C=O) groups excluding carboxylic acids is 3. The Morgan fingerprint density at radius 3 is 0.797 bits per heavy atom. The first-order valence-corrected chi connectivity index (χ1v) is 35.1. The minimum atomic E-state index is -0.782. The van der Waals surface area contributed by atoms with Crippen molar-refractivity contribution in [1.82, 2.24) is 0 Å². The Balaban J connectivity index is 4.09. The van der Waals surface area contributed by atoms with Crippen LogP contribution < -0.4 is 0 Å². The average Bonchev–Trinajstić information content (AvgIpc) is 3.45. The van der Waals surface area contributed by atoms with Crippen LogP contribution >= 0.6 is 0 Å². The predicted octanol–water partition coefficient (Wildman–Crippen LogP) is 24.1. The second-order valence-electron chi connectivity index (χ2n) is 23.8. The summed E-state index contributed by atoms with van der Waals surface area (Å²) in [5.41, 5.74) is 0. The third kappa shape index (κ3) is 66.1. The first-order chi connectivity index (χ1) is 39.0. The molecule has 0 bridgehead atoms. The molecule has 0 fully saturated rings. The number of allylic oxidation sites excluding steroid dienone is 8. The molecule has 0 N–H and O–H groups in total. The Kier molecular flexibility index (Phi) is 65.6. The van der Waals surface area contributed by atoms with Gasteiger partial charge in [-0.2, -0.15) is 0 Å². The van der Waals surface area contributed by atoms with Gasteiger partial charge in [-0.1, -0.05) is 333 Å². The van der Waals surface area contributed by atoms with Crippen molar-refractivity contribution in [3.63, 3.8) is 0 Å². The van der Waals surface area contributed by atoms with Gasteiger partial charge in [0.2, 0.25) is 0 Å². The molecule has 0 aromatic heterocycles. The molecule has 6 nitrogen and oxygen atoms in total. The number of hydrogen-bond acceptors (Lipinski definition) is 6. The summed E-state index contributed by atoms with van der Waals surface area (Å²) in [6.07, 6.45) is 85.9. The monoisotopic (exact) mass is 1110 g/mol. The lowest BCUT2D eigenvalue weighted by molar-refractivity contribution is -0.167. The van der Waals surface area contributed by atoms with Gasteiger partial charge in [0.1, 0.15) is 13.2 Å². The number of rotatable bonds is 65. The lowest BCUT2D eigenvalue weighted by Crippen LogP contribution is -2.30. The third-order valence-corrected chi connectivity index (χ3v) is 15.8. The second kappa shape index (κ2) is 67.9. The van der Waals surface area contributed by atoms with E-state index in [2.05, 4.69) is 69.4 Å². The fraction of sp³-hybridized carbons (Fsp3) is 0.849. The first kappa shape index (κ1) is 76.4. The van der Waals surface area contributed by atoms with E-state index in [1.807, 2.05) is 0 Å². The molecular formula is C73H134O6.